The molecular formula is C23H26N4O3S. The van der Waals surface area contributed by atoms with E-state index in [0.717, 1.165) is 32.1 Å². The zero-order chi connectivity index (χ0) is 21.4. The Hall–Kier alpha value is -2.74. The van der Waals surface area contributed by atoms with E-state index in [9.17, 15) is 14.4 Å². The summed E-state index contributed by atoms with van der Waals surface area (Å²) in [5.74, 6) is 0.731. The smallest absolute Gasteiger partial charge is 0.264 e. The molecule has 8 heteroatoms. The van der Waals surface area contributed by atoms with Gasteiger partial charge in [0.2, 0.25) is 5.91 Å². The number of hydrogen-bond donors (Lipinski definition) is 1. The van der Waals surface area contributed by atoms with Crippen molar-refractivity contribution in [3.05, 3.63) is 62.0 Å². The Morgan fingerprint density at radius 2 is 2.10 bits per heavy atom. The van der Waals surface area contributed by atoms with Gasteiger partial charge >= 0.3 is 0 Å². The second-order valence-corrected chi connectivity index (χ2v) is 9.45. The van der Waals surface area contributed by atoms with E-state index in [1.54, 1.807) is 4.90 Å². The lowest BCUT2D eigenvalue weighted by Crippen LogP contribution is -2.41. The van der Waals surface area contributed by atoms with Gasteiger partial charge in [0, 0.05) is 24.6 Å². The van der Waals surface area contributed by atoms with Crippen molar-refractivity contribution in [1.82, 2.24) is 19.8 Å². The summed E-state index contributed by atoms with van der Waals surface area (Å²) in [5.41, 5.74) is 1.19. The number of H-pyrrole nitrogens is 1. The molecule has 0 radical (unpaired) electrons. The predicted molar refractivity (Wildman–Crippen MR) is 118 cm³/mol. The van der Waals surface area contributed by atoms with Gasteiger partial charge in [0.25, 0.3) is 11.5 Å². The minimum absolute atomic E-state index is 0.0210. The standard InChI is InChI=1S/C23H26N4O3S/c28-21-16-10-12-26(23(30)19-9-5-13-31-19)14-17(16)24-20(25-21)18-8-4-11-27(18)22(29)15-6-2-1-3-7-15/h1-2,5,9,13,15,18H,3-4,6-8,10-12,14H2,(H,24,25,28)/t15-,18-/m1/s1. The fourth-order valence-corrected chi connectivity index (χ4v) is 5.60. The van der Waals surface area contributed by atoms with Crippen LogP contribution < -0.4 is 5.56 Å². The topological polar surface area (TPSA) is 86.4 Å². The van der Waals surface area contributed by atoms with E-state index in [2.05, 4.69) is 17.1 Å². The van der Waals surface area contributed by atoms with Gasteiger partial charge in [-0.15, -0.1) is 11.3 Å². The van der Waals surface area contributed by atoms with E-state index in [1.165, 1.54) is 11.3 Å². The number of fused-ring (bicyclic) bond motifs is 1. The highest BCUT2D eigenvalue weighted by molar-refractivity contribution is 7.12. The van der Waals surface area contributed by atoms with Crippen LogP contribution in [0, 0.1) is 5.92 Å². The number of rotatable bonds is 3. The van der Waals surface area contributed by atoms with E-state index in [4.69, 9.17) is 4.98 Å². The first-order chi connectivity index (χ1) is 15.1. The highest BCUT2D eigenvalue weighted by Gasteiger charge is 2.36. The summed E-state index contributed by atoms with van der Waals surface area (Å²) in [5, 5.41) is 1.89. The zero-order valence-electron chi connectivity index (χ0n) is 17.4. The minimum atomic E-state index is -0.195. The van der Waals surface area contributed by atoms with Gasteiger partial charge in [0.05, 0.1) is 23.2 Å². The summed E-state index contributed by atoms with van der Waals surface area (Å²) < 4.78 is 0. The van der Waals surface area contributed by atoms with Gasteiger partial charge in [-0.3, -0.25) is 14.4 Å². The molecule has 2 atom stereocenters. The third-order valence-corrected chi connectivity index (χ3v) is 7.44. The van der Waals surface area contributed by atoms with Crippen molar-refractivity contribution in [3.8, 4) is 0 Å². The SMILES string of the molecule is O=C(c1cccs1)N1CCc2c(nc([C@H]3CCCN3C(=O)[C@@H]3CC=CCC3)[nH]c2=O)C1. The molecule has 2 aromatic rings. The molecule has 31 heavy (non-hydrogen) atoms. The molecule has 2 amide bonds. The molecular weight excluding hydrogens is 412 g/mol. The molecule has 5 rings (SSSR count). The quantitative estimate of drug-likeness (QED) is 0.747. The highest BCUT2D eigenvalue weighted by Crippen LogP contribution is 2.33. The number of nitrogens with zero attached hydrogens (tertiary/aromatic N) is 3. The van der Waals surface area contributed by atoms with Crippen LogP contribution in [0.1, 0.15) is 64.9 Å². The Labute approximate surface area is 184 Å². The molecule has 162 valence electrons. The molecule has 4 heterocycles. The summed E-state index contributed by atoms with van der Waals surface area (Å²) in [4.78, 5) is 50.9. The minimum Gasteiger partial charge on any atom is -0.332 e. The average Bonchev–Trinajstić information content (AvgIpc) is 3.50. The van der Waals surface area contributed by atoms with Gasteiger partial charge < -0.3 is 14.8 Å². The number of carbonyl (C=O) groups excluding carboxylic acids is 2. The summed E-state index contributed by atoms with van der Waals surface area (Å²) in [6.45, 7) is 1.54. The maximum absolute atomic E-state index is 13.2. The fraction of sp³-hybridized carbons (Fsp3) is 0.478. The van der Waals surface area contributed by atoms with E-state index in [-0.39, 0.29) is 29.3 Å². The molecule has 0 aromatic carbocycles. The normalized spacial score (nSPS) is 23.1. The summed E-state index contributed by atoms with van der Waals surface area (Å²) in [7, 11) is 0. The monoisotopic (exact) mass is 438 g/mol. The number of aromatic amines is 1. The Morgan fingerprint density at radius 3 is 2.87 bits per heavy atom. The Bertz CT molecular complexity index is 1070. The molecule has 2 aromatic heterocycles. The molecule has 2 aliphatic heterocycles. The molecule has 0 unspecified atom stereocenters. The fourth-order valence-electron chi connectivity index (χ4n) is 4.91. The molecule has 1 N–H and O–H groups in total. The molecule has 0 spiro atoms. The first-order valence-electron chi connectivity index (χ1n) is 11.0. The van der Waals surface area contributed by atoms with Gasteiger partial charge in [-0.2, -0.15) is 0 Å². The molecule has 1 fully saturated rings. The molecule has 3 aliphatic rings. The summed E-state index contributed by atoms with van der Waals surface area (Å²) >= 11 is 1.42. The Morgan fingerprint density at radius 1 is 1.19 bits per heavy atom. The van der Waals surface area contributed by atoms with Gasteiger partial charge in [0.1, 0.15) is 5.82 Å². The highest BCUT2D eigenvalue weighted by atomic mass is 32.1. The number of allylic oxidation sites excluding steroid dienone is 2. The van der Waals surface area contributed by atoms with E-state index >= 15 is 0 Å². The van der Waals surface area contributed by atoms with Gasteiger partial charge in [-0.05, 0) is 50.0 Å². The third-order valence-electron chi connectivity index (χ3n) is 6.58. The summed E-state index contributed by atoms with van der Waals surface area (Å²) in [6, 6.07) is 3.49. The van der Waals surface area contributed by atoms with Crippen LogP contribution in [0.25, 0.3) is 0 Å². The van der Waals surface area contributed by atoms with Gasteiger partial charge in [0.15, 0.2) is 0 Å². The van der Waals surface area contributed by atoms with Crippen LogP contribution in [0.15, 0.2) is 34.5 Å². The number of hydrogen-bond acceptors (Lipinski definition) is 5. The van der Waals surface area contributed by atoms with Crippen LogP contribution in [0.2, 0.25) is 0 Å². The van der Waals surface area contributed by atoms with Crippen LogP contribution in [-0.2, 0) is 17.8 Å². The van der Waals surface area contributed by atoms with Gasteiger partial charge in [-0.25, -0.2) is 4.98 Å². The number of aromatic nitrogens is 2. The van der Waals surface area contributed by atoms with Gasteiger partial charge in [-0.1, -0.05) is 18.2 Å². The zero-order valence-corrected chi connectivity index (χ0v) is 18.2. The molecule has 0 saturated carbocycles. The van der Waals surface area contributed by atoms with Crippen molar-refractivity contribution in [2.75, 3.05) is 13.1 Å². The number of thiophene rings is 1. The van der Waals surface area contributed by atoms with Crippen molar-refractivity contribution >= 4 is 23.2 Å². The van der Waals surface area contributed by atoms with Crippen molar-refractivity contribution in [1.29, 1.82) is 0 Å². The van der Waals surface area contributed by atoms with Crippen molar-refractivity contribution in [2.24, 2.45) is 5.92 Å². The van der Waals surface area contributed by atoms with Crippen LogP contribution in [-0.4, -0.2) is 44.7 Å². The number of carbonyl (C=O) groups is 2. The maximum atomic E-state index is 13.2. The van der Waals surface area contributed by atoms with E-state index < -0.39 is 0 Å². The van der Waals surface area contributed by atoms with Crippen LogP contribution in [0.4, 0.5) is 0 Å². The van der Waals surface area contributed by atoms with Crippen LogP contribution >= 0.6 is 11.3 Å². The number of likely N-dealkylation sites (tertiary alicyclic amines) is 1. The lowest BCUT2D eigenvalue weighted by Gasteiger charge is -2.31. The Balaban J connectivity index is 1.39. The summed E-state index contributed by atoms with van der Waals surface area (Å²) in [6.07, 6.45) is 9.04. The van der Waals surface area contributed by atoms with Crippen LogP contribution in [0.3, 0.4) is 0 Å². The maximum Gasteiger partial charge on any atom is 0.264 e. The second kappa shape index (κ2) is 8.42. The first-order valence-corrected chi connectivity index (χ1v) is 11.9. The van der Waals surface area contributed by atoms with Crippen LogP contribution in [0.5, 0.6) is 0 Å². The second-order valence-electron chi connectivity index (χ2n) is 8.50. The average molecular weight is 439 g/mol. The lowest BCUT2D eigenvalue weighted by atomic mass is 9.93. The predicted octanol–water partition coefficient (Wildman–Crippen LogP) is 3.05. The Kier molecular flexibility index (Phi) is 5.48. The van der Waals surface area contributed by atoms with E-state index in [1.807, 2.05) is 22.4 Å². The molecule has 1 saturated heterocycles. The van der Waals surface area contributed by atoms with Crippen molar-refractivity contribution in [3.63, 3.8) is 0 Å². The van der Waals surface area contributed by atoms with E-state index in [0.29, 0.717) is 48.0 Å². The molecule has 7 nitrogen and oxygen atoms in total. The number of nitrogens with one attached hydrogen (secondary N) is 1. The van der Waals surface area contributed by atoms with Crippen molar-refractivity contribution in [2.45, 2.75) is 51.1 Å². The first kappa shape index (κ1) is 20.2. The number of amides is 2. The lowest BCUT2D eigenvalue weighted by molar-refractivity contribution is -0.136. The van der Waals surface area contributed by atoms with Crippen molar-refractivity contribution < 1.29 is 9.59 Å². The molecule has 1 aliphatic carbocycles. The largest absolute Gasteiger partial charge is 0.332 e. The third kappa shape index (κ3) is 3.84. The molecule has 0 bridgehead atoms.